The van der Waals surface area contributed by atoms with Crippen molar-refractivity contribution in [3.63, 3.8) is 0 Å². The van der Waals surface area contributed by atoms with Crippen LogP contribution in [-0.4, -0.2) is 82.9 Å². The maximum Gasteiger partial charge on any atom is 0.251 e. The molecule has 2 amide bonds. The molecule has 28 heavy (non-hydrogen) atoms. The number of aryl methyl sites for hydroxylation is 2. The summed E-state index contributed by atoms with van der Waals surface area (Å²) in [5.41, 5.74) is 2.10. The Morgan fingerprint density at radius 1 is 1.29 bits per heavy atom. The first kappa shape index (κ1) is 20.8. The van der Waals surface area contributed by atoms with Crippen LogP contribution in [0.25, 0.3) is 0 Å². The van der Waals surface area contributed by atoms with Crippen molar-refractivity contribution in [2.75, 3.05) is 39.3 Å². The van der Waals surface area contributed by atoms with Crippen LogP contribution in [0.2, 0.25) is 0 Å². The molecule has 8 heteroatoms. The van der Waals surface area contributed by atoms with E-state index in [1.165, 1.54) is 0 Å². The Morgan fingerprint density at radius 2 is 2.04 bits per heavy atom. The number of amides is 2. The van der Waals surface area contributed by atoms with Crippen LogP contribution in [0.1, 0.15) is 37.6 Å². The number of hydrogen-bond donors (Lipinski definition) is 1. The van der Waals surface area contributed by atoms with Gasteiger partial charge in [0.05, 0.1) is 12.2 Å². The summed E-state index contributed by atoms with van der Waals surface area (Å²) in [4.78, 5) is 28.8. The van der Waals surface area contributed by atoms with Gasteiger partial charge in [-0.25, -0.2) is 0 Å². The number of carbonyl (C=O) groups is 2. The smallest absolute Gasteiger partial charge is 0.251 e. The highest BCUT2D eigenvalue weighted by Crippen LogP contribution is 2.16. The molecule has 0 spiro atoms. The number of carbonyl (C=O) groups excluding carboxylic acids is 2. The molecular formula is C20H33N5O3. The lowest BCUT2D eigenvalue weighted by Crippen LogP contribution is -2.51. The first-order valence-electron chi connectivity index (χ1n) is 10.4. The Labute approximate surface area is 167 Å². The molecule has 2 aliphatic heterocycles. The third-order valence-electron chi connectivity index (χ3n) is 5.50. The summed E-state index contributed by atoms with van der Waals surface area (Å²) in [6.45, 7) is 11.2. The number of hydrogen-bond acceptors (Lipinski definition) is 5. The standard InChI is InChI=1S/C20H33N5O3/c1-15-13-17(3)25(22-15)14-16(2)21-19(26)6-7-23-8-10-24(11-9-23)20(27)18-5-4-12-28-18/h13,16,18H,4-12,14H2,1-3H3,(H,21,26)/t16-,18+/m0/s1. The summed E-state index contributed by atoms with van der Waals surface area (Å²) in [6, 6.07) is 2.07. The van der Waals surface area contributed by atoms with Crippen LogP contribution in [0.4, 0.5) is 0 Å². The second kappa shape index (κ2) is 9.52. The molecule has 156 valence electrons. The summed E-state index contributed by atoms with van der Waals surface area (Å²) in [7, 11) is 0. The Balaban J connectivity index is 1.34. The van der Waals surface area contributed by atoms with Crippen LogP contribution in [0.15, 0.2) is 6.07 Å². The molecule has 0 radical (unpaired) electrons. The minimum absolute atomic E-state index is 0.0337. The minimum atomic E-state index is -0.235. The van der Waals surface area contributed by atoms with E-state index < -0.39 is 0 Å². The number of aromatic nitrogens is 2. The summed E-state index contributed by atoms with van der Waals surface area (Å²) in [5.74, 6) is 0.194. The zero-order valence-electron chi connectivity index (χ0n) is 17.3. The lowest BCUT2D eigenvalue weighted by atomic mass is 10.2. The van der Waals surface area contributed by atoms with Crippen molar-refractivity contribution < 1.29 is 14.3 Å². The summed E-state index contributed by atoms with van der Waals surface area (Å²) in [5, 5.41) is 7.50. The van der Waals surface area contributed by atoms with Crippen LogP contribution in [0, 0.1) is 13.8 Å². The van der Waals surface area contributed by atoms with Crippen LogP contribution in [0.3, 0.4) is 0 Å². The van der Waals surface area contributed by atoms with E-state index in [2.05, 4.69) is 15.3 Å². The zero-order chi connectivity index (χ0) is 20.1. The summed E-state index contributed by atoms with van der Waals surface area (Å²) in [6.07, 6.45) is 2.06. The molecule has 1 N–H and O–H groups in total. The predicted molar refractivity (Wildman–Crippen MR) is 106 cm³/mol. The molecule has 2 saturated heterocycles. The Morgan fingerprint density at radius 3 is 2.64 bits per heavy atom. The van der Waals surface area contributed by atoms with Gasteiger partial charge < -0.3 is 15.0 Å². The minimum Gasteiger partial charge on any atom is -0.368 e. The highest BCUT2D eigenvalue weighted by molar-refractivity contribution is 5.81. The number of ether oxygens (including phenoxy) is 1. The Hall–Kier alpha value is -1.93. The van der Waals surface area contributed by atoms with Gasteiger partial charge in [-0.15, -0.1) is 0 Å². The maximum absolute atomic E-state index is 12.4. The summed E-state index contributed by atoms with van der Waals surface area (Å²) < 4.78 is 7.43. The van der Waals surface area contributed by atoms with Crippen LogP contribution >= 0.6 is 0 Å². The normalized spacial score (nSPS) is 21.7. The molecule has 2 aliphatic rings. The van der Waals surface area contributed by atoms with Crippen molar-refractivity contribution in [2.24, 2.45) is 0 Å². The SMILES string of the molecule is Cc1cc(C)n(C[C@H](C)NC(=O)CCN2CCN(C(=O)[C@H]3CCCO3)CC2)n1. The largest absolute Gasteiger partial charge is 0.368 e. The van der Waals surface area contributed by atoms with E-state index in [1.54, 1.807) is 0 Å². The van der Waals surface area contributed by atoms with E-state index in [9.17, 15) is 9.59 Å². The van der Waals surface area contributed by atoms with Gasteiger partial charge in [0.15, 0.2) is 0 Å². The van der Waals surface area contributed by atoms with Crippen molar-refractivity contribution in [1.82, 2.24) is 24.9 Å². The molecule has 8 nitrogen and oxygen atoms in total. The molecular weight excluding hydrogens is 358 g/mol. The van der Waals surface area contributed by atoms with E-state index in [0.29, 0.717) is 32.7 Å². The second-order valence-corrected chi connectivity index (χ2v) is 8.00. The second-order valence-electron chi connectivity index (χ2n) is 8.00. The topological polar surface area (TPSA) is 79.7 Å². The highest BCUT2D eigenvalue weighted by Gasteiger charge is 2.30. The maximum atomic E-state index is 12.4. The lowest BCUT2D eigenvalue weighted by Gasteiger charge is -2.35. The van der Waals surface area contributed by atoms with Gasteiger partial charge in [0.25, 0.3) is 5.91 Å². The van der Waals surface area contributed by atoms with Crippen LogP contribution in [0.5, 0.6) is 0 Å². The Bertz CT molecular complexity index is 675. The number of nitrogens with zero attached hydrogens (tertiary/aromatic N) is 4. The van der Waals surface area contributed by atoms with E-state index in [-0.39, 0.29) is 24.0 Å². The molecule has 3 heterocycles. The van der Waals surface area contributed by atoms with Crippen LogP contribution in [-0.2, 0) is 20.9 Å². The van der Waals surface area contributed by atoms with Gasteiger partial charge in [0.2, 0.25) is 5.91 Å². The first-order chi connectivity index (χ1) is 13.4. The molecule has 1 aromatic rings. The fourth-order valence-corrected chi connectivity index (χ4v) is 3.94. The lowest BCUT2D eigenvalue weighted by molar-refractivity contribution is -0.142. The van der Waals surface area contributed by atoms with Gasteiger partial charge >= 0.3 is 0 Å². The molecule has 2 atom stereocenters. The van der Waals surface area contributed by atoms with Gasteiger partial charge in [-0.3, -0.25) is 19.2 Å². The molecule has 0 aromatic carbocycles. The van der Waals surface area contributed by atoms with E-state index in [4.69, 9.17) is 4.74 Å². The molecule has 2 fully saturated rings. The molecule has 0 unspecified atom stereocenters. The fourth-order valence-electron chi connectivity index (χ4n) is 3.94. The number of rotatable bonds is 7. The monoisotopic (exact) mass is 391 g/mol. The van der Waals surface area contributed by atoms with Gasteiger partial charge in [-0.2, -0.15) is 5.10 Å². The zero-order valence-corrected chi connectivity index (χ0v) is 17.3. The van der Waals surface area contributed by atoms with Crippen LogP contribution < -0.4 is 5.32 Å². The molecule has 0 bridgehead atoms. The fraction of sp³-hybridized carbons (Fsp3) is 0.750. The van der Waals surface area contributed by atoms with Gasteiger partial charge in [-0.1, -0.05) is 0 Å². The predicted octanol–water partition coefficient (Wildman–Crippen LogP) is 0.718. The van der Waals surface area contributed by atoms with E-state index in [1.807, 2.05) is 36.4 Å². The third kappa shape index (κ3) is 5.54. The van der Waals surface area contributed by atoms with Crippen molar-refractivity contribution in [3.8, 4) is 0 Å². The molecule has 1 aromatic heterocycles. The average Bonchev–Trinajstić information content (AvgIpc) is 3.30. The average molecular weight is 392 g/mol. The van der Waals surface area contributed by atoms with Gasteiger partial charge in [0, 0.05) is 57.5 Å². The van der Waals surface area contributed by atoms with E-state index in [0.717, 1.165) is 43.9 Å². The number of piperazine rings is 1. The number of nitrogens with one attached hydrogen (secondary N) is 1. The van der Waals surface area contributed by atoms with Crippen molar-refractivity contribution in [1.29, 1.82) is 0 Å². The molecule has 3 rings (SSSR count). The van der Waals surface area contributed by atoms with Gasteiger partial charge in [0.1, 0.15) is 6.10 Å². The van der Waals surface area contributed by atoms with Crippen molar-refractivity contribution in [3.05, 3.63) is 17.5 Å². The molecule has 0 aliphatic carbocycles. The summed E-state index contributed by atoms with van der Waals surface area (Å²) >= 11 is 0. The first-order valence-corrected chi connectivity index (χ1v) is 10.4. The Kier molecular flexibility index (Phi) is 7.07. The highest BCUT2D eigenvalue weighted by atomic mass is 16.5. The van der Waals surface area contributed by atoms with Crippen molar-refractivity contribution >= 4 is 11.8 Å². The third-order valence-corrected chi connectivity index (χ3v) is 5.50. The molecule has 0 saturated carbocycles. The van der Waals surface area contributed by atoms with E-state index >= 15 is 0 Å². The van der Waals surface area contributed by atoms with Gasteiger partial charge in [-0.05, 0) is 39.7 Å². The quantitative estimate of drug-likeness (QED) is 0.741. The van der Waals surface area contributed by atoms with Crippen molar-refractivity contribution in [2.45, 2.75) is 58.7 Å².